The van der Waals surface area contributed by atoms with Crippen LogP contribution in [-0.2, 0) is 9.59 Å². The molecular formula is C14H16O2. The van der Waals surface area contributed by atoms with Gasteiger partial charge in [-0.25, -0.2) is 0 Å². The fourth-order valence-electron chi connectivity index (χ4n) is 1.12. The third kappa shape index (κ3) is 3.65. The van der Waals surface area contributed by atoms with Crippen LogP contribution in [0, 0.1) is 0 Å². The number of hydrogen-bond donors (Lipinski definition) is 0. The molecule has 0 aromatic heterocycles. The molecule has 0 fully saturated rings. The fraction of sp³-hybridized carbons (Fsp3) is 0.143. The zero-order chi connectivity index (χ0) is 12.6. The van der Waals surface area contributed by atoms with Crippen molar-refractivity contribution in [1.82, 2.24) is 0 Å². The Labute approximate surface area is 96.4 Å². The van der Waals surface area contributed by atoms with E-state index in [2.05, 4.69) is 13.2 Å². The van der Waals surface area contributed by atoms with E-state index in [0.29, 0.717) is 11.1 Å². The summed E-state index contributed by atoms with van der Waals surface area (Å²) in [7, 11) is 0. The van der Waals surface area contributed by atoms with Gasteiger partial charge in [0, 0.05) is 5.57 Å². The van der Waals surface area contributed by atoms with E-state index in [4.69, 9.17) is 0 Å². The fourth-order valence-corrected chi connectivity index (χ4v) is 1.12. The third-order valence-electron chi connectivity index (χ3n) is 1.94. The number of allylic oxidation sites excluding steroid dienone is 8. The molecule has 0 atom stereocenters. The van der Waals surface area contributed by atoms with E-state index < -0.39 is 11.6 Å². The van der Waals surface area contributed by atoms with E-state index in [9.17, 15) is 9.59 Å². The Kier molecular flexibility index (Phi) is 6.45. The SMILES string of the molecule is C=CC(=O)C(=O)C(=C/C)/C(C=C)=C\C=C/C. The van der Waals surface area contributed by atoms with Gasteiger partial charge in [0.05, 0.1) is 0 Å². The summed E-state index contributed by atoms with van der Waals surface area (Å²) in [5, 5.41) is 0. The summed E-state index contributed by atoms with van der Waals surface area (Å²) in [6.07, 6.45) is 9.51. The van der Waals surface area contributed by atoms with Crippen LogP contribution in [0.5, 0.6) is 0 Å². The first kappa shape index (κ1) is 14.0. The largest absolute Gasteiger partial charge is 0.286 e. The van der Waals surface area contributed by atoms with Crippen LogP contribution >= 0.6 is 0 Å². The van der Waals surface area contributed by atoms with Crippen LogP contribution in [0.2, 0.25) is 0 Å². The van der Waals surface area contributed by atoms with E-state index in [1.165, 1.54) is 0 Å². The highest BCUT2D eigenvalue weighted by Crippen LogP contribution is 2.13. The van der Waals surface area contributed by atoms with Gasteiger partial charge in [0.2, 0.25) is 11.6 Å². The summed E-state index contributed by atoms with van der Waals surface area (Å²) < 4.78 is 0. The van der Waals surface area contributed by atoms with Gasteiger partial charge < -0.3 is 0 Å². The highest BCUT2D eigenvalue weighted by molar-refractivity contribution is 6.48. The van der Waals surface area contributed by atoms with Gasteiger partial charge in [-0.05, 0) is 25.5 Å². The molecule has 0 aliphatic heterocycles. The van der Waals surface area contributed by atoms with Crippen LogP contribution in [0.1, 0.15) is 13.8 Å². The van der Waals surface area contributed by atoms with Crippen molar-refractivity contribution in [3.8, 4) is 0 Å². The minimum absolute atomic E-state index is 0.345. The number of carbonyl (C=O) groups is 2. The predicted molar refractivity (Wildman–Crippen MR) is 67.1 cm³/mol. The highest BCUT2D eigenvalue weighted by Gasteiger charge is 2.16. The number of Topliss-reactive ketones (excluding diaryl/α,β-unsaturated/α-hetero) is 1. The van der Waals surface area contributed by atoms with E-state index in [-0.39, 0.29) is 0 Å². The molecule has 16 heavy (non-hydrogen) atoms. The second-order valence-electron chi connectivity index (χ2n) is 2.95. The number of rotatable bonds is 6. The van der Waals surface area contributed by atoms with Crippen LogP contribution in [0.25, 0.3) is 0 Å². The molecule has 0 rings (SSSR count). The lowest BCUT2D eigenvalue weighted by Gasteiger charge is -2.03. The second kappa shape index (κ2) is 7.35. The molecule has 2 nitrogen and oxygen atoms in total. The summed E-state index contributed by atoms with van der Waals surface area (Å²) in [6, 6.07) is 0. The maximum atomic E-state index is 11.7. The average Bonchev–Trinajstić information content (AvgIpc) is 2.32. The van der Waals surface area contributed by atoms with Crippen molar-refractivity contribution in [1.29, 1.82) is 0 Å². The van der Waals surface area contributed by atoms with Gasteiger partial charge in [-0.1, -0.05) is 43.5 Å². The molecule has 0 N–H and O–H groups in total. The minimum Gasteiger partial charge on any atom is -0.286 e. The van der Waals surface area contributed by atoms with Gasteiger partial charge in [-0.2, -0.15) is 0 Å². The maximum Gasteiger partial charge on any atom is 0.233 e. The summed E-state index contributed by atoms with van der Waals surface area (Å²) >= 11 is 0. The molecule has 0 unspecified atom stereocenters. The topological polar surface area (TPSA) is 34.1 Å². The summed E-state index contributed by atoms with van der Waals surface area (Å²) in [6.45, 7) is 10.5. The molecule has 0 aliphatic rings. The van der Waals surface area contributed by atoms with Crippen molar-refractivity contribution >= 4 is 11.6 Å². The molecule has 0 saturated heterocycles. The van der Waals surface area contributed by atoms with Crippen molar-refractivity contribution in [2.24, 2.45) is 0 Å². The van der Waals surface area contributed by atoms with Gasteiger partial charge in [-0.3, -0.25) is 9.59 Å². The van der Waals surface area contributed by atoms with Crippen LogP contribution in [-0.4, -0.2) is 11.6 Å². The monoisotopic (exact) mass is 216 g/mol. The minimum atomic E-state index is -0.610. The Morgan fingerprint density at radius 3 is 2.06 bits per heavy atom. The summed E-state index contributed by atoms with van der Waals surface area (Å²) in [5.41, 5.74) is 0.971. The van der Waals surface area contributed by atoms with Gasteiger partial charge in [0.1, 0.15) is 0 Å². The molecule has 0 spiro atoms. The predicted octanol–water partition coefficient (Wildman–Crippen LogP) is 2.95. The lowest BCUT2D eigenvalue weighted by Crippen LogP contribution is -2.14. The Morgan fingerprint density at radius 1 is 1.06 bits per heavy atom. The normalized spacial score (nSPS) is 12.6. The zero-order valence-electron chi connectivity index (χ0n) is 9.69. The van der Waals surface area contributed by atoms with Gasteiger partial charge in [0.25, 0.3) is 0 Å². The van der Waals surface area contributed by atoms with Crippen LogP contribution < -0.4 is 0 Å². The second-order valence-corrected chi connectivity index (χ2v) is 2.95. The summed E-state index contributed by atoms with van der Waals surface area (Å²) in [5.74, 6) is -1.17. The molecule has 0 aliphatic carbocycles. The Bertz CT molecular complexity index is 393. The van der Waals surface area contributed by atoms with E-state index in [0.717, 1.165) is 6.08 Å². The summed E-state index contributed by atoms with van der Waals surface area (Å²) in [4.78, 5) is 22.9. The van der Waals surface area contributed by atoms with E-state index in [1.807, 2.05) is 13.0 Å². The highest BCUT2D eigenvalue weighted by atomic mass is 16.2. The van der Waals surface area contributed by atoms with E-state index in [1.54, 1.807) is 31.2 Å². The smallest absolute Gasteiger partial charge is 0.233 e. The zero-order valence-corrected chi connectivity index (χ0v) is 9.69. The quantitative estimate of drug-likeness (QED) is 0.388. The van der Waals surface area contributed by atoms with Gasteiger partial charge in [0.15, 0.2) is 0 Å². The van der Waals surface area contributed by atoms with Crippen LogP contribution in [0.4, 0.5) is 0 Å². The molecule has 2 heteroatoms. The first-order valence-electron chi connectivity index (χ1n) is 4.95. The Hall–Kier alpha value is -1.96. The van der Waals surface area contributed by atoms with Gasteiger partial charge >= 0.3 is 0 Å². The van der Waals surface area contributed by atoms with Gasteiger partial charge in [-0.15, -0.1) is 0 Å². The standard InChI is InChI=1S/C14H16O2/c1-5-9-10-11(6-2)12(7-3)14(16)13(15)8-4/h5-10H,2,4H2,1,3H3/b9-5-,11-10-,12-7+. The molecule has 0 amide bonds. The number of carbonyl (C=O) groups excluding carboxylic acids is 2. The molecule has 0 radical (unpaired) electrons. The third-order valence-corrected chi connectivity index (χ3v) is 1.94. The van der Waals surface area contributed by atoms with Crippen LogP contribution in [0.15, 0.2) is 60.8 Å². The first-order valence-corrected chi connectivity index (χ1v) is 4.95. The Balaban J connectivity index is 5.29. The number of hydrogen-bond acceptors (Lipinski definition) is 2. The first-order chi connectivity index (χ1) is 7.62. The van der Waals surface area contributed by atoms with E-state index >= 15 is 0 Å². The average molecular weight is 216 g/mol. The van der Waals surface area contributed by atoms with Crippen molar-refractivity contribution < 1.29 is 9.59 Å². The Morgan fingerprint density at radius 2 is 1.69 bits per heavy atom. The lowest BCUT2D eigenvalue weighted by atomic mass is 9.98. The molecule has 0 saturated carbocycles. The van der Waals surface area contributed by atoms with Crippen molar-refractivity contribution in [3.63, 3.8) is 0 Å². The molecular weight excluding hydrogens is 200 g/mol. The molecule has 0 heterocycles. The van der Waals surface area contributed by atoms with Crippen LogP contribution in [0.3, 0.4) is 0 Å². The molecule has 0 aromatic rings. The van der Waals surface area contributed by atoms with Crippen molar-refractivity contribution in [3.05, 3.63) is 60.8 Å². The lowest BCUT2D eigenvalue weighted by molar-refractivity contribution is -0.131. The number of ketones is 2. The molecule has 84 valence electrons. The molecule has 0 bridgehead atoms. The molecule has 0 aromatic carbocycles. The maximum absolute atomic E-state index is 11.7. The van der Waals surface area contributed by atoms with Crippen molar-refractivity contribution in [2.75, 3.05) is 0 Å². The van der Waals surface area contributed by atoms with Crippen molar-refractivity contribution in [2.45, 2.75) is 13.8 Å².